The van der Waals surface area contributed by atoms with Gasteiger partial charge in [-0.1, -0.05) is 29.8 Å². The van der Waals surface area contributed by atoms with Gasteiger partial charge in [0.25, 0.3) is 0 Å². The highest BCUT2D eigenvalue weighted by Crippen LogP contribution is 2.23. The van der Waals surface area contributed by atoms with Gasteiger partial charge in [0.2, 0.25) is 21.8 Å². The van der Waals surface area contributed by atoms with Crippen molar-refractivity contribution < 1.29 is 18.0 Å². The van der Waals surface area contributed by atoms with Crippen LogP contribution >= 0.6 is 15.9 Å². The van der Waals surface area contributed by atoms with Gasteiger partial charge in [0.05, 0.1) is 10.8 Å². The average molecular weight is 486 g/mol. The molecule has 1 unspecified atom stereocenters. The number of hydrogen-bond acceptors (Lipinski definition) is 4. The van der Waals surface area contributed by atoms with E-state index in [4.69, 9.17) is 0 Å². The summed E-state index contributed by atoms with van der Waals surface area (Å²) in [5.74, 6) is -0.142. The van der Waals surface area contributed by atoms with Gasteiger partial charge in [-0.2, -0.15) is 4.31 Å². The molecule has 0 aromatic heterocycles. The van der Waals surface area contributed by atoms with Crippen LogP contribution in [0.5, 0.6) is 0 Å². The summed E-state index contributed by atoms with van der Waals surface area (Å²) in [5.41, 5.74) is 0. The number of piperidine rings is 1. The van der Waals surface area contributed by atoms with Crippen molar-refractivity contribution in [1.82, 2.24) is 14.1 Å². The van der Waals surface area contributed by atoms with Crippen LogP contribution in [0.15, 0.2) is 33.6 Å². The zero-order valence-corrected chi connectivity index (χ0v) is 19.3. The topological polar surface area (TPSA) is 78.0 Å². The van der Waals surface area contributed by atoms with Crippen LogP contribution in [-0.4, -0.2) is 73.6 Å². The summed E-state index contributed by atoms with van der Waals surface area (Å²) < 4.78 is 27.9. The minimum atomic E-state index is -3.56. The summed E-state index contributed by atoms with van der Waals surface area (Å²) in [6.07, 6.45) is 1.60. The van der Waals surface area contributed by atoms with Crippen molar-refractivity contribution in [3.63, 3.8) is 0 Å². The van der Waals surface area contributed by atoms with Crippen LogP contribution in [0.3, 0.4) is 0 Å². The molecule has 7 nitrogen and oxygen atoms in total. The fourth-order valence-electron chi connectivity index (χ4n) is 3.91. The third-order valence-corrected chi connectivity index (χ3v) is 8.02. The number of hydrogen-bond donors (Lipinski definition) is 0. The maximum atomic E-state index is 13.0. The molecule has 2 heterocycles. The van der Waals surface area contributed by atoms with Crippen molar-refractivity contribution in [2.75, 3.05) is 39.3 Å². The van der Waals surface area contributed by atoms with Crippen LogP contribution in [0, 0.1) is 11.8 Å². The number of sulfonamides is 1. The molecule has 29 heavy (non-hydrogen) atoms. The Morgan fingerprint density at radius 1 is 1.00 bits per heavy atom. The molecule has 0 bridgehead atoms. The fraction of sp³-hybridized carbons (Fsp3) is 0.600. The summed E-state index contributed by atoms with van der Waals surface area (Å²) in [6, 6.07) is 6.58. The highest BCUT2D eigenvalue weighted by molar-refractivity contribution is 9.10. The lowest BCUT2D eigenvalue weighted by molar-refractivity contribution is -0.143. The molecule has 2 aliphatic rings. The molecular weight excluding hydrogens is 458 g/mol. The summed E-state index contributed by atoms with van der Waals surface area (Å²) in [5, 5.41) is 0. The maximum absolute atomic E-state index is 13.0. The van der Waals surface area contributed by atoms with Gasteiger partial charge in [0, 0.05) is 49.7 Å². The molecule has 1 aromatic carbocycles. The average Bonchev–Trinajstić information content (AvgIpc) is 2.73. The molecular formula is C20H28BrN3O4S. The molecule has 2 fully saturated rings. The predicted molar refractivity (Wildman–Crippen MR) is 114 cm³/mol. The third kappa shape index (κ3) is 5.00. The Kier molecular flexibility index (Phi) is 7.01. The Bertz CT molecular complexity index is 849. The molecule has 2 saturated heterocycles. The van der Waals surface area contributed by atoms with Crippen molar-refractivity contribution in [1.29, 1.82) is 0 Å². The van der Waals surface area contributed by atoms with Gasteiger partial charge in [-0.3, -0.25) is 9.59 Å². The largest absolute Gasteiger partial charge is 0.342 e. The lowest BCUT2D eigenvalue weighted by atomic mass is 9.95. The van der Waals surface area contributed by atoms with E-state index in [0.717, 1.165) is 17.3 Å². The van der Waals surface area contributed by atoms with E-state index in [-0.39, 0.29) is 41.6 Å². The monoisotopic (exact) mass is 485 g/mol. The molecule has 2 aliphatic heterocycles. The van der Waals surface area contributed by atoms with Gasteiger partial charge in [0.1, 0.15) is 0 Å². The van der Waals surface area contributed by atoms with Crippen molar-refractivity contribution in [3.05, 3.63) is 28.7 Å². The molecule has 160 valence electrons. The first kappa shape index (κ1) is 22.2. The molecule has 0 radical (unpaired) electrons. The first-order valence-corrected chi connectivity index (χ1v) is 12.3. The van der Waals surface area contributed by atoms with Crippen LogP contribution in [0.4, 0.5) is 0 Å². The number of amides is 2. The minimum absolute atomic E-state index is 0.0342. The molecule has 9 heteroatoms. The van der Waals surface area contributed by atoms with Crippen molar-refractivity contribution >= 4 is 37.8 Å². The maximum Gasteiger partial charge on any atom is 0.243 e. The Balaban J connectivity index is 1.59. The highest BCUT2D eigenvalue weighted by Gasteiger charge is 2.35. The minimum Gasteiger partial charge on any atom is -0.342 e. The van der Waals surface area contributed by atoms with Crippen molar-refractivity contribution in [2.24, 2.45) is 11.8 Å². The second kappa shape index (κ2) is 9.14. The Morgan fingerprint density at radius 3 is 2.21 bits per heavy atom. The Morgan fingerprint density at radius 2 is 1.62 bits per heavy atom. The van der Waals surface area contributed by atoms with E-state index < -0.39 is 10.0 Å². The number of rotatable bonds is 4. The molecule has 1 aromatic rings. The van der Waals surface area contributed by atoms with Gasteiger partial charge in [-0.05, 0) is 37.1 Å². The van der Waals surface area contributed by atoms with Gasteiger partial charge < -0.3 is 9.80 Å². The van der Waals surface area contributed by atoms with Crippen LogP contribution in [-0.2, 0) is 19.6 Å². The molecule has 2 amide bonds. The van der Waals surface area contributed by atoms with E-state index in [9.17, 15) is 18.0 Å². The zero-order valence-electron chi connectivity index (χ0n) is 16.9. The Labute approximate surface area is 181 Å². The number of benzene rings is 1. The third-order valence-electron chi connectivity index (χ3n) is 5.58. The zero-order chi connectivity index (χ0) is 21.2. The van der Waals surface area contributed by atoms with E-state index in [0.29, 0.717) is 26.2 Å². The number of likely N-dealkylation sites (tertiary alicyclic amines) is 1. The second-order valence-corrected chi connectivity index (χ2v) is 10.8. The number of halogens is 1. The number of carbonyl (C=O) groups is 2. The standard InChI is InChI=1S/C20H28BrN3O4S/c1-15(2)19(25)23-9-3-4-16(14-23)20(26)22-10-12-24(13-11-22)29(27,28)18-7-5-17(21)6-8-18/h5-8,15-16H,3-4,9-14H2,1-2H3. The van der Waals surface area contributed by atoms with Crippen LogP contribution < -0.4 is 0 Å². The van der Waals surface area contributed by atoms with E-state index in [1.165, 1.54) is 4.31 Å². The molecule has 0 spiro atoms. The molecule has 3 rings (SSSR count). The van der Waals surface area contributed by atoms with Gasteiger partial charge in [-0.25, -0.2) is 8.42 Å². The van der Waals surface area contributed by atoms with Crippen molar-refractivity contribution in [2.45, 2.75) is 31.6 Å². The number of piperazine rings is 1. The van der Waals surface area contributed by atoms with E-state index in [2.05, 4.69) is 15.9 Å². The Hall–Kier alpha value is -1.45. The van der Waals surface area contributed by atoms with Gasteiger partial charge >= 0.3 is 0 Å². The molecule has 0 N–H and O–H groups in total. The molecule has 0 aliphatic carbocycles. The molecule has 1 atom stereocenters. The van der Waals surface area contributed by atoms with E-state index in [1.807, 2.05) is 13.8 Å². The first-order valence-electron chi connectivity index (χ1n) is 10.0. The summed E-state index contributed by atoms with van der Waals surface area (Å²) in [7, 11) is -3.56. The summed E-state index contributed by atoms with van der Waals surface area (Å²) in [4.78, 5) is 29.1. The van der Waals surface area contributed by atoms with Crippen LogP contribution in [0.25, 0.3) is 0 Å². The first-order chi connectivity index (χ1) is 13.7. The lowest BCUT2D eigenvalue weighted by Gasteiger charge is -2.39. The lowest BCUT2D eigenvalue weighted by Crippen LogP contribution is -2.54. The smallest absolute Gasteiger partial charge is 0.243 e. The number of carbonyl (C=O) groups excluding carboxylic acids is 2. The summed E-state index contributed by atoms with van der Waals surface area (Å²) >= 11 is 3.31. The van der Waals surface area contributed by atoms with Crippen LogP contribution in [0.2, 0.25) is 0 Å². The molecule has 0 saturated carbocycles. The van der Waals surface area contributed by atoms with E-state index in [1.54, 1.807) is 34.1 Å². The highest BCUT2D eigenvalue weighted by atomic mass is 79.9. The van der Waals surface area contributed by atoms with Gasteiger partial charge in [-0.15, -0.1) is 0 Å². The van der Waals surface area contributed by atoms with Crippen LogP contribution in [0.1, 0.15) is 26.7 Å². The summed E-state index contributed by atoms with van der Waals surface area (Å²) in [6.45, 7) is 6.24. The predicted octanol–water partition coefficient (Wildman–Crippen LogP) is 2.18. The fourth-order valence-corrected chi connectivity index (χ4v) is 5.59. The quantitative estimate of drug-likeness (QED) is 0.654. The SMILES string of the molecule is CC(C)C(=O)N1CCCC(C(=O)N2CCN(S(=O)(=O)c3ccc(Br)cc3)CC2)C1. The van der Waals surface area contributed by atoms with E-state index >= 15 is 0 Å². The normalized spacial score (nSPS) is 21.4. The number of nitrogens with zero attached hydrogens (tertiary/aromatic N) is 3. The van der Waals surface area contributed by atoms with Gasteiger partial charge in [0.15, 0.2) is 0 Å². The second-order valence-electron chi connectivity index (χ2n) is 7.96. The van der Waals surface area contributed by atoms with Crippen molar-refractivity contribution in [3.8, 4) is 0 Å².